The van der Waals surface area contributed by atoms with Gasteiger partial charge in [0.2, 0.25) is 0 Å². The van der Waals surface area contributed by atoms with Crippen LogP contribution in [0.15, 0.2) is 29.1 Å². The molecule has 2 saturated heterocycles. The molecule has 8 heteroatoms. The van der Waals surface area contributed by atoms with E-state index in [2.05, 4.69) is 15.2 Å². The van der Waals surface area contributed by atoms with Crippen LogP contribution in [0.2, 0.25) is 0 Å². The van der Waals surface area contributed by atoms with E-state index in [0.717, 1.165) is 18.4 Å². The molecule has 2 bridgehead atoms. The van der Waals surface area contributed by atoms with Gasteiger partial charge in [-0.1, -0.05) is 44.2 Å². The Hall–Kier alpha value is -2.29. The number of para-hydroxylation sites is 2. The first-order valence-electron chi connectivity index (χ1n) is 13.4. The molecular weight excluding hydrogens is 444 g/mol. The third kappa shape index (κ3) is 5.01. The number of aliphatic hydroxyl groups excluding tert-OH is 2. The molecule has 2 aromatic rings. The Morgan fingerprint density at radius 2 is 1.63 bits per heavy atom. The lowest BCUT2D eigenvalue weighted by Gasteiger charge is -2.45. The molecule has 3 atom stereocenters. The second-order valence-electron chi connectivity index (χ2n) is 10.6. The molecule has 2 aliphatic heterocycles. The van der Waals surface area contributed by atoms with Crippen LogP contribution in [-0.2, 0) is 0 Å². The largest absolute Gasteiger partial charge is 0.394 e. The number of carbonyl (C=O) groups is 1. The number of piperidine rings is 1. The zero-order valence-corrected chi connectivity index (χ0v) is 20.4. The number of carbonyl (C=O) groups excluding carboxylic acids is 1. The van der Waals surface area contributed by atoms with E-state index >= 15 is 0 Å². The van der Waals surface area contributed by atoms with Crippen LogP contribution in [0, 0.1) is 0 Å². The highest BCUT2D eigenvalue weighted by Gasteiger charge is 2.44. The fraction of sp³-hybridized carbons (Fsp3) is 0.667. The number of aromatic nitrogens is 2. The molecule has 1 aliphatic carbocycles. The van der Waals surface area contributed by atoms with Crippen LogP contribution in [-0.4, -0.2) is 68.0 Å². The number of benzene rings is 1. The number of hydrogen-bond acceptors (Lipinski definition) is 6. The highest BCUT2D eigenvalue weighted by atomic mass is 16.3. The lowest BCUT2D eigenvalue weighted by Crippen LogP contribution is -2.50. The van der Waals surface area contributed by atoms with Gasteiger partial charge in [-0.15, -0.1) is 0 Å². The summed E-state index contributed by atoms with van der Waals surface area (Å²) in [6, 6.07) is 9.20. The monoisotopic (exact) mass is 482 g/mol. The average Bonchev–Trinajstić information content (AvgIpc) is 3.10. The molecule has 190 valence electrons. The fourth-order valence-corrected chi connectivity index (χ4v) is 6.75. The SMILES string of the molecule is O=C(NCC(O)CO)c1nc2ccccc2n(C2CC3CCC(C2)N3C2CCCCCCC2)c1=O. The lowest BCUT2D eigenvalue weighted by molar-refractivity contribution is 0.0496. The molecule has 3 heterocycles. The molecule has 1 aromatic carbocycles. The van der Waals surface area contributed by atoms with Gasteiger partial charge >= 0.3 is 0 Å². The topological polar surface area (TPSA) is 108 Å². The molecule has 0 radical (unpaired) electrons. The van der Waals surface area contributed by atoms with Crippen LogP contribution in [0.25, 0.3) is 11.0 Å². The Morgan fingerprint density at radius 1 is 0.971 bits per heavy atom. The molecule has 3 aliphatic rings. The molecule has 3 unspecified atom stereocenters. The van der Waals surface area contributed by atoms with Crippen LogP contribution in [0.1, 0.15) is 87.2 Å². The third-order valence-corrected chi connectivity index (χ3v) is 8.35. The van der Waals surface area contributed by atoms with Gasteiger partial charge in [-0.3, -0.25) is 14.5 Å². The number of hydrogen-bond donors (Lipinski definition) is 3. The van der Waals surface area contributed by atoms with Crippen molar-refractivity contribution in [2.24, 2.45) is 0 Å². The summed E-state index contributed by atoms with van der Waals surface area (Å²) >= 11 is 0. The van der Waals surface area contributed by atoms with E-state index in [0.29, 0.717) is 23.6 Å². The van der Waals surface area contributed by atoms with Crippen molar-refractivity contribution >= 4 is 16.9 Å². The summed E-state index contributed by atoms with van der Waals surface area (Å²) in [6.45, 7) is -0.592. The predicted octanol–water partition coefficient (Wildman–Crippen LogP) is 2.76. The molecule has 0 spiro atoms. The second-order valence-corrected chi connectivity index (χ2v) is 10.6. The van der Waals surface area contributed by atoms with Crippen molar-refractivity contribution in [1.29, 1.82) is 0 Å². The Balaban J connectivity index is 1.43. The summed E-state index contributed by atoms with van der Waals surface area (Å²) in [7, 11) is 0. The van der Waals surface area contributed by atoms with Gasteiger partial charge in [0.1, 0.15) is 0 Å². The zero-order chi connectivity index (χ0) is 24.4. The van der Waals surface area contributed by atoms with Crippen molar-refractivity contribution in [3.05, 3.63) is 40.3 Å². The van der Waals surface area contributed by atoms with Crippen LogP contribution in [0.4, 0.5) is 0 Å². The minimum atomic E-state index is -1.07. The van der Waals surface area contributed by atoms with E-state index < -0.39 is 18.6 Å². The van der Waals surface area contributed by atoms with Gasteiger partial charge < -0.3 is 20.1 Å². The van der Waals surface area contributed by atoms with Crippen LogP contribution in [0.3, 0.4) is 0 Å². The first-order valence-corrected chi connectivity index (χ1v) is 13.4. The maximum absolute atomic E-state index is 13.7. The van der Waals surface area contributed by atoms with E-state index in [1.54, 1.807) is 0 Å². The Bertz CT molecular complexity index is 1080. The van der Waals surface area contributed by atoms with E-state index in [1.807, 2.05) is 28.8 Å². The summed E-state index contributed by atoms with van der Waals surface area (Å²) in [6.07, 6.45) is 12.4. The van der Waals surface area contributed by atoms with Crippen molar-refractivity contribution in [2.75, 3.05) is 13.2 Å². The lowest BCUT2D eigenvalue weighted by atomic mass is 9.89. The number of amides is 1. The molecule has 1 saturated carbocycles. The number of aliphatic hydroxyl groups is 2. The molecular formula is C27H38N4O4. The van der Waals surface area contributed by atoms with Crippen LogP contribution >= 0.6 is 0 Å². The molecule has 8 nitrogen and oxygen atoms in total. The molecule has 1 aromatic heterocycles. The smallest absolute Gasteiger partial charge is 0.282 e. The van der Waals surface area contributed by atoms with Gasteiger partial charge in [-0.05, 0) is 50.7 Å². The first-order chi connectivity index (χ1) is 17.1. The van der Waals surface area contributed by atoms with E-state index in [9.17, 15) is 14.7 Å². The summed E-state index contributed by atoms with van der Waals surface area (Å²) in [5.74, 6) is -0.614. The predicted molar refractivity (Wildman–Crippen MR) is 134 cm³/mol. The van der Waals surface area contributed by atoms with Gasteiger partial charge in [0.05, 0.1) is 23.7 Å². The number of rotatable bonds is 6. The number of fused-ring (bicyclic) bond motifs is 3. The summed E-state index contributed by atoms with van der Waals surface area (Å²) in [5.41, 5.74) is 0.870. The molecule has 3 fully saturated rings. The number of nitrogens with one attached hydrogen (secondary N) is 1. The van der Waals surface area contributed by atoms with Gasteiger partial charge in [0.15, 0.2) is 5.69 Å². The zero-order valence-electron chi connectivity index (χ0n) is 20.4. The number of nitrogens with zero attached hydrogens (tertiary/aromatic N) is 3. The van der Waals surface area contributed by atoms with E-state index in [-0.39, 0.29) is 23.8 Å². The highest BCUT2D eigenvalue weighted by Crippen LogP contribution is 2.44. The Kier molecular flexibility index (Phi) is 7.51. The van der Waals surface area contributed by atoms with Crippen LogP contribution < -0.4 is 10.9 Å². The van der Waals surface area contributed by atoms with Gasteiger partial charge in [0, 0.05) is 30.7 Å². The van der Waals surface area contributed by atoms with Crippen molar-refractivity contribution in [1.82, 2.24) is 19.8 Å². The standard InChI is InChI=1S/C27H38N4O4/c32-17-22(33)16-28-26(34)25-27(35)31(24-11-7-6-10-23(24)29-25)21-14-19-12-13-20(15-21)30(19)18-8-4-2-1-3-5-9-18/h6-7,10-11,18-22,32-33H,1-5,8-9,12-17H2,(H,28,34). The quantitative estimate of drug-likeness (QED) is 0.584. The molecule has 1 amide bonds. The Morgan fingerprint density at radius 3 is 2.31 bits per heavy atom. The molecule has 35 heavy (non-hydrogen) atoms. The third-order valence-electron chi connectivity index (χ3n) is 8.35. The normalized spacial score (nSPS) is 26.9. The van der Waals surface area contributed by atoms with Crippen molar-refractivity contribution in [3.8, 4) is 0 Å². The van der Waals surface area contributed by atoms with Gasteiger partial charge in [-0.2, -0.15) is 0 Å². The molecule has 5 rings (SSSR count). The maximum Gasteiger partial charge on any atom is 0.282 e. The second kappa shape index (κ2) is 10.8. The van der Waals surface area contributed by atoms with E-state index in [1.165, 1.54) is 57.8 Å². The van der Waals surface area contributed by atoms with Gasteiger partial charge in [0.25, 0.3) is 11.5 Å². The van der Waals surface area contributed by atoms with Crippen molar-refractivity contribution in [2.45, 2.75) is 101 Å². The summed E-state index contributed by atoms with van der Waals surface area (Å²) in [4.78, 5) is 33.7. The first kappa shape index (κ1) is 24.4. The van der Waals surface area contributed by atoms with Crippen molar-refractivity contribution in [3.63, 3.8) is 0 Å². The summed E-state index contributed by atoms with van der Waals surface area (Å²) in [5, 5.41) is 21.2. The van der Waals surface area contributed by atoms with Crippen molar-refractivity contribution < 1.29 is 15.0 Å². The van der Waals surface area contributed by atoms with E-state index in [4.69, 9.17) is 5.11 Å². The maximum atomic E-state index is 13.7. The highest BCUT2D eigenvalue weighted by molar-refractivity contribution is 5.93. The average molecular weight is 483 g/mol. The molecule has 3 N–H and O–H groups in total. The van der Waals surface area contributed by atoms with Crippen LogP contribution in [0.5, 0.6) is 0 Å². The minimum Gasteiger partial charge on any atom is -0.394 e. The van der Waals surface area contributed by atoms with Gasteiger partial charge in [-0.25, -0.2) is 4.98 Å². The fourth-order valence-electron chi connectivity index (χ4n) is 6.75. The summed E-state index contributed by atoms with van der Waals surface area (Å²) < 4.78 is 1.82. The minimum absolute atomic E-state index is 0.0345. The Labute approximate surface area is 206 Å².